The summed E-state index contributed by atoms with van der Waals surface area (Å²) in [4.78, 5) is 0. The van der Waals surface area contributed by atoms with Crippen LogP contribution in [0.25, 0.3) is 21.5 Å². The number of benzene rings is 4. The van der Waals surface area contributed by atoms with Crippen molar-refractivity contribution in [1.82, 2.24) is 0 Å². The summed E-state index contributed by atoms with van der Waals surface area (Å²) in [6, 6.07) is 23.1. The van der Waals surface area contributed by atoms with Crippen LogP contribution in [0, 0.1) is 13.8 Å². The van der Waals surface area contributed by atoms with Crippen molar-refractivity contribution in [3.63, 3.8) is 0 Å². The van der Waals surface area contributed by atoms with Crippen molar-refractivity contribution in [2.45, 2.75) is 47.0 Å². The van der Waals surface area contributed by atoms with E-state index in [1.54, 1.807) is 0 Å². The maximum Gasteiger partial charge on any atom is -0.00107 e. The summed E-state index contributed by atoms with van der Waals surface area (Å²) in [5.41, 5.74) is 8.47. The van der Waals surface area contributed by atoms with E-state index in [4.69, 9.17) is 0 Å². The Morgan fingerprint density at radius 2 is 1.26 bits per heavy atom. The fourth-order valence-electron chi connectivity index (χ4n) is 4.20. The average Bonchev–Trinajstić information content (AvgIpc) is 2.69. The Morgan fingerprint density at radius 3 is 1.96 bits per heavy atom. The van der Waals surface area contributed by atoms with Crippen LogP contribution >= 0.6 is 0 Å². The van der Waals surface area contributed by atoms with E-state index in [0.29, 0.717) is 0 Å². The molecule has 0 fully saturated rings. The molecular formula is C27H28. The summed E-state index contributed by atoms with van der Waals surface area (Å²) in [5, 5.41) is 5.52. The number of hydrogen-bond donors (Lipinski definition) is 0. The van der Waals surface area contributed by atoms with Crippen LogP contribution in [0.15, 0.2) is 60.7 Å². The molecule has 0 saturated carbocycles. The van der Waals surface area contributed by atoms with Crippen molar-refractivity contribution in [2.75, 3.05) is 0 Å². The third-order valence-electron chi connectivity index (χ3n) is 5.86. The van der Waals surface area contributed by atoms with Crippen molar-refractivity contribution in [1.29, 1.82) is 0 Å². The fourth-order valence-corrected chi connectivity index (χ4v) is 4.20. The minimum absolute atomic E-state index is 0.988. The zero-order valence-corrected chi connectivity index (χ0v) is 16.9. The Labute approximate surface area is 162 Å². The standard InChI is InChI=1S/C27H28/c1-5-20-9-12-23-13-18(3)14-24(26(23)15-20)17-25-19(4)7-10-22-11-8-21(6-2)16-27(22)25/h7-16H,5-6,17H2,1-4H3. The number of rotatable bonds is 4. The van der Waals surface area contributed by atoms with Crippen molar-refractivity contribution < 1.29 is 0 Å². The lowest BCUT2D eigenvalue weighted by molar-refractivity contribution is 1.13. The van der Waals surface area contributed by atoms with Crippen LogP contribution in [0.1, 0.15) is 47.2 Å². The largest absolute Gasteiger partial charge is 0.0613 e. The highest BCUT2D eigenvalue weighted by Gasteiger charge is 2.10. The first-order valence-corrected chi connectivity index (χ1v) is 10.1. The highest BCUT2D eigenvalue weighted by Crippen LogP contribution is 2.30. The SMILES string of the molecule is CCc1ccc2cc(C)cc(Cc3c(C)ccc4ccc(CC)cc34)c2c1. The Balaban J connectivity index is 1.93. The van der Waals surface area contributed by atoms with Crippen LogP contribution in [-0.2, 0) is 19.3 Å². The average molecular weight is 353 g/mol. The zero-order chi connectivity index (χ0) is 19.0. The number of aryl methyl sites for hydroxylation is 4. The van der Waals surface area contributed by atoms with Gasteiger partial charge in [0, 0.05) is 0 Å². The first-order chi connectivity index (χ1) is 13.1. The Hall–Kier alpha value is -2.60. The molecule has 0 bridgehead atoms. The summed E-state index contributed by atoms with van der Waals surface area (Å²) in [6.45, 7) is 8.93. The molecule has 0 aliphatic rings. The van der Waals surface area contributed by atoms with Crippen LogP contribution in [0.3, 0.4) is 0 Å². The van der Waals surface area contributed by atoms with Crippen molar-refractivity contribution in [3.8, 4) is 0 Å². The van der Waals surface area contributed by atoms with Crippen molar-refractivity contribution in [2.24, 2.45) is 0 Å². The molecule has 136 valence electrons. The van der Waals surface area contributed by atoms with Gasteiger partial charge in [-0.2, -0.15) is 0 Å². The lowest BCUT2D eigenvalue weighted by atomic mass is 9.90. The van der Waals surface area contributed by atoms with Gasteiger partial charge in [-0.05, 0) is 82.5 Å². The molecule has 4 aromatic rings. The van der Waals surface area contributed by atoms with E-state index in [9.17, 15) is 0 Å². The van der Waals surface area contributed by atoms with Gasteiger partial charge >= 0.3 is 0 Å². The van der Waals surface area contributed by atoms with Crippen LogP contribution in [0.2, 0.25) is 0 Å². The second-order valence-corrected chi connectivity index (χ2v) is 7.78. The van der Waals surface area contributed by atoms with Crippen molar-refractivity contribution in [3.05, 3.63) is 94.0 Å². The first kappa shape index (κ1) is 17.8. The second kappa shape index (κ2) is 7.19. The molecule has 0 aliphatic carbocycles. The Bertz CT molecular complexity index is 1130. The van der Waals surface area contributed by atoms with Gasteiger partial charge in [0.25, 0.3) is 0 Å². The molecule has 0 spiro atoms. The molecule has 0 unspecified atom stereocenters. The third kappa shape index (κ3) is 3.37. The second-order valence-electron chi connectivity index (χ2n) is 7.78. The molecular weight excluding hydrogens is 324 g/mol. The molecule has 0 heteroatoms. The van der Waals surface area contributed by atoms with Gasteiger partial charge in [0.05, 0.1) is 0 Å². The fraction of sp³-hybridized carbons (Fsp3) is 0.259. The van der Waals surface area contributed by atoms with Crippen LogP contribution < -0.4 is 0 Å². The van der Waals surface area contributed by atoms with Gasteiger partial charge in [-0.3, -0.25) is 0 Å². The van der Waals surface area contributed by atoms with E-state index < -0.39 is 0 Å². The minimum Gasteiger partial charge on any atom is -0.0613 e. The summed E-state index contributed by atoms with van der Waals surface area (Å²) in [6.07, 6.45) is 3.15. The van der Waals surface area contributed by atoms with Crippen molar-refractivity contribution >= 4 is 21.5 Å². The first-order valence-electron chi connectivity index (χ1n) is 10.1. The van der Waals surface area contributed by atoms with Gasteiger partial charge in [0.2, 0.25) is 0 Å². The number of hydrogen-bond acceptors (Lipinski definition) is 0. The maximum atomic E-state index is 2.40. The summed E-state index contributed by atoms with van der Waals surface area (Å²) < 4.78 is 0. The maximum absolute atomic E-state index is 2.40. The Kier molecular flexibility index (Phi) is 4.74. The monoisotopic (exact) mass is 352 g/mol. The molecule has 0 N–H and O–H groups in total. The van der Waals surface area contributed by atoms with E-state index in [1.807, 2.05) is 0 Å². The molecule has 0 nitrogen and oxygen atoms in total. The highest BCUT2D eigenvalue weighted by atomic mass is 14.1. The summed E-state index contributed by atoms with van der Waals surface area (Å²) in [7, 11) is 0. The molecule has 4 rings (SSSR count). The van der Waals surface area contributed by atoms with E-state index in [0.717, 1.165) is 19.3 Å². The zero-order valence-electron chi connectivity index (χ0n) is 16.9. The van der Waals surface area contributed by atoms with Gasteiger partial charge in [-0.15, -0.1) is 0 Å². The molecule has 0 saturated heterocycles. The van der Waals surface area contributed by atoms with Crippen LogP contribution in [0.4, 0.5) is 0 Å². The van der Waals surface area contributed by atoms with Crippen LogP contribution in [0.5, 0.6) is 0 Å². The van der Waals surface area contributed by atoms with Gasteiger partial charge in [0.15, 0.2) is 0 Å². The lowest BCUT2D eigenvalue weighted by Gasteiger charge is -2.15. The molecule has 0 heterocycles. The molecule has 0 aliphatic heterocycles. The molecule has 4 aromatic carbocycles. The van der Waals surface area contributed by atoms with Crippen LogP contribution in [-0.4, -0.2) is 0 Å². The normalized spacial score (nSPS) is 11.4. The quantitative estimate of drug-likeness (QED) is 0.361. The summed E-state index contributed by atoms with van der Waals surface area (Å²) in [5.74, 6) is 0. The van der Waals surface area contributed by atoms with Gasteiger partial charge in [-0.25, -0.2) is 0 Å². The molecule has 27 heavy (non-hydrogen) atoms. The van der Waals surface area contributed by atoms with Gasteiger partial charge in [-0.1, -0.05) is 80.1 Å². The topological polar surface area (TPSA) is 0 Å². The third-order valence-corrected chi connectivity index (χ3v) is 5.86. The van der Waals surface area contributed by atoms with E-state index >= 15 is 0 Å². The minimum atomic E-state index is 0.988. The van der Waals surface area contributed by atoms with Gasteiger partial charge < -0.3 is 0 Å². The lowest BCUT2D eigenvalue weighted by Crippen LogP contribution is -1.97. The molecule has 0 aromatic heterocycles. The number of fused-ring (bicyclic) bond motifs is 2. The smallest absolute Gasteiger partial charge is 0.00107 e. The predicted molar refractivity (Wildman–Crippen MR) is 119 cm³/mol. The van der Waals surface area contributed by atoms with E-state index in [2.05, 4.69) is 88.4 Å². The Morgan fingerprint density at radius 1 is 0.630 bits per heavy atom. The highest BCUT2D eigenvalue weighted by molar-refractivity contribution is 5.90. The van der Waals surface area contributed by atoms with E-state index in [1.165, 1.54) is 54.9 Å². The predicted octanol–water partition coefficient (Wildman–Crippen LogP) is 7.33. The van der Waals surface area contributed by atoms with Gasteiger partial charge in [0.1, 0.15) is 0 Å². The van der Waals surface area contributed by atoms with E-state index in [-0.39, 0.29) is 0 Å². The molecule has 0 atom stereocenters. The summed E-state index contributed by atoms with van der Waals surface area (Å²) >= 11 is 0. The molecule has 0 radical (unpaired) electrons. The molecule has 0 amide bonds.